The number of hydrogen-bond donors (Lipinski definition) is 0. The van der Waals surface area contributed by atoms with E-state index in [4.69, 9.17) is 18.2 Å². The van der Waals surface area contributed by atoms with Gasteiger partial charge >= 0.3 is 0 Å². The van der Waals surface area contributed by atoms with E-state index in [9.17, 15) is 0 Å². The molecule has 0 fully saturated rings. The summed E-state index contributed by atoms with van der Waals surface area (Å²) in [7, 11) is 0. The van der Waals surface area contributed by atoms with Gasteiger partial charge in [-0.2, -0.15) is 0 Å². The fourth-order valence-corrected chi connectivity index (χ4v) is 2.19. The summed E-state index contributed by atoms with van der Waals surface area (Å²) in [5.74, 6) is 0. The molecule has 0 unspecified atom stereocenters. The normalized spacial score (nSPS) is 10.3. The first-order valence-electron chi connectivity index (χ1n) is 5.68. The lowest BCUT2D eigenvalue weighted by Gasteiger charge is -2.06. The van der Waals surface area contributed by atoms with Crippen LogP contribution in [0.15, 0.2) is 48.7 Å². The maximum Gasteiger partial charge on any atom is 0.196 e. The Morgan fingerprint density at radius 2 is 1.95 bits per heavy atom. The van der Waals surface area contributed by atoms with Crippen molar-refractivity contribution >= 4 is 28.3 Å². The first-order chi connectivity index (χ1) is 9.29. The molecule has 0 spiro atoms. The Kier molecular flexibility index (Phi) is 2.86. The summed E-state index contributed by atoms with van der Waals surface area (Å²) in [4.78, 5) is 12.2. The Bertz CT molecular complexity index is 806. The number of aromatic nitrogens is 2. The smallest absolute Gasteiger partial charge is 0.196 e. The van der Waals surface area contributed by atoms with Crippen LogP contribution in [0.1, 0.15) is 0 Å². The summed E-state index contributed by atoms with van der Waals surface area (Å²) in [6, 6.07) is 12.8. The molecule has 0 radical (unpaired) electrons. The molecule has 2 heterocycles. The van der Waals surface area contributed by atoms with E-state index in [-0.39, 0.29) is 0 Å². The predicted molar refractivity (Wildman–Crippen MR) is 76.2 cm³/mol. The fraction of sp³-hybridized carbons (Fsp3) is 0. The Labute approximate surface area is 115 Å². The summed E-state index contributed by atoms with van der Waals surface area (Å²) in [6.07, 6.45) is 1.68. The van der Waals surface area contributed by atoms with Crippen LogP contribution in [0, 0.1) is 6.57 Å². The van der Waals surface area contributed by atoms with Gasteiger partial charge in [0.1, 0.15) is 0 Å². The average molecular weight is 266 g/mol. The van der Waals surface area contributed by atoms with Crippen LogP contribution in [0.5, 0.6) is 0 Å². The minimum Gasteiger partial charge on any atom is -0.237 e. The maximum atomic E-state index is 7.20. The van der Waals surface area contributed by atoms with E-state index in [1.807, 2.05) is 30.3 Å². The van der Waals surface area contributed by atoms with E-state index < -0.39 is 0 Å². The van der Waals surface area contributed by atoms with Crippen LogP contribution in [0.25, 0.3) is 27.1 Å². The van der Waals surface area contributed by atoms with Crippen LogP contribution >= 0.6 is 11.6 Å². The second-order valence-corrected chi connectivity index (χ2v) is 4.40. The lowest BCUT2D eigenvalue weighted by molar-refractivity contribution is 1.29. The third-order valence-electron chi connectivity index (χ3n) is 2.83. The Morgan fingerprint density at radius 3 is 2.79 bits per heavy atom. The second-order valence-electron chi connectivity index (χ2n) is 3.99. The third kappa shape index (κ3) is 2.03. The molecule has 0 N–H and O–H groups in total. The quantitative estimate of drug-likeness (QED) is 0.606. The highest BCUT2D eigenvalue weighted by molar-refractivity contribution is 6.35. The number of pyridine rings is 2. The fourth-order valence-electron chi connectivity index (χ4n) is 1.94. The summed E-state index contributed by atoms with van der Waals surface area (Å²) in [6.45, 7) is 7.20. The first kappa shape index (κ1) is 11.6. The minimum absolute atomic E-state index is 0.557. The van der Waals surface area contributed by atoms with Crippen LogP contribution < -0.4 is 0 Å². The van der Waals surface area contributed by atoms with Gasteiger partial charge in [0, 0.05) is 17.1 Å². The van der Waals surface area contributed by atoms with Crippen LogP contribution in [0.2, 0.25) is 5.02 Å². The van der Waals surface area contributed by atoms with Crippen LogP contribution in [0.4, 0.5) is 5.69 Å². The zero-order valence-electron chi connectivity index (χ0n) is 9.84. The molecule has 0 bridgehead atoms. The molecule has 3 nitrogen and oxygen atoms in total. The van der Waals surface area contributed by atoms with Crippen molar-refractivity contribution in [1.29, 1.82) is 0 Å². The molecule has 0 saturated carbocycles. The molecule has 19 heavy (non-hydrogen) atoms. The molecule has 0 aliphatic carbocycles. The lowest BCUT2D eigenvalue weighted by atomic mass is 10.1. The van der Waals surface area contributed by atoms with Crippen molar-refractivity contribution in [2.24, 2.45) is 0 Å². The standard InChI is InChI=1S/C15H8ClN3/c1-17-13-7-3-2-5-11(13)14-9-12(16)10-6-4-8-18-15(10)19-14/h2-9H. The molecular formula is C15H8ClN3. The van der Waals surface area contributed by atoms with Crippen molar-refractivity contribution in [3.63, 3.8) is 0 Å². The van der Waals surface area contributed by atoms with Crippen LogP contribution in [0.3, 0.4) is 0 Å². The Hall–Kier alpha value is -2.44. The minimum atomic E-state index is 0.557. The van der Waals surface area contributed by atoms with E-state index in [0.29, 0.717) is 22.1 Å². The van der Waals surface area contributed by atoms with Gasteiger partial charge in [-0.3, -0.25) is 0 Å². The van der Waals surface area contributed by atoms with E-state index >= 15 is 0 Å². The van der Waals surface area contributed by atoms with Gasteiger partial charge in [0.15, 0.2) is 11.3 Å². The van der Waals surface area contributed by atoms with Gasteiger partial charge in [0.2, 0.25) is 0 Å². The third-order valence-corrected chi connectivity index (χ3v) is 3.15. The van der Waals surface area contributed by atoms with E-state index in [1.54, 1.807) is 18.3 Å². The van der Waals surface area contributed by atoms with E-state index in [2.05, 4.69) is 14.8 Å². The lowest BCUT2D eigenvalue weighted by Crippen LogP contribution is -1.89. The monoisotopic (exact) mass is 265 g/mol. The number of halogens is 1. The highest BCUT2D eigenvalue weighted by atomic mass is 35.5. The topological polar surface area (TPSA) is 30.1 Å². The van der Waals surface area contributed by atoms with Crippen LogP contribution in [-0.4, -0.2) is 9.97 Å². The van der Waals surface area contributed by atoms with Crippen LogP contribution in [-0.2, 0) is 0 Å². The molecular weight excluding hydrogens is 258 g/mol. The Balaban J connectivity index is 2.29. The Morgan fingerprint density at radius 1 is 1.11 bits per heavy atom. The molecule has 1 aromatic carbocycles. The van der Waals surface area contributed by atoms with E-state index in [1.165, 1.54) is 0 Å². The average Bonchev–Trinajstić information content (AvgIpc) is 2.47. The van der Waals surface area contributed by atoms with Crippen molar-refractivity contribution in [2.45, 2.75) is 0 Å². The van der Waals surface area contributed by atoms with Crippen molar-refractivity contribution in [3.05, 3.63) is 65.1 Å². The maximum absolute atomic E-state index is 7.20. The molecule has 0 amide bonds. The van der Waals surface area contributed by atoms with Gasteiger partial charge in [-0.25, -0.2) is 14.8 Å². The summed E-state index contributed by atoms with van der Waals surface area (Å²) in [5.41, 5.74) is 2.58. The summed E-state index contributed by atoms with van der Waals surface area (Å²) < 4.78 is 0. The van der Waals surface area contributed by atoms with Gasteiger partial charge in [0.25, 0.3) is 0 Å². The number of nitrogens with zero attached hydrogens (tertiary/aromatic N) is 3. The number of rotatable bonds is 1. The van der Waals surface area contributed by atoms with Gasteiger partial charge in [-0.1, -0.05) is 35.9 Å². The summed E-state index contributed by atoms with van der Waals surface area (Å²) >= 11 is 6.25. The van der Waals surface area contributed by atoms with Gasteiger partial charge in [-0.15, -0.1) is 0 Å². The predicted octanol–water partition coefficient (Wildman–Crippen LogP) is 4.50. The van der Waals surface area contributed by atoms with Gasteiger partial charge in [0.05, 0.1) is 17.3 Å². The SMILES string of the molecule is [C-]#[N+]c1ccccc1-c1cc(Cl)c2cccnc2n1. The van der Waals surface area contributed by atoms with Crippen molar-refractivity contribution in [3.8, 4) is 11.3 Å². The highest BCUT2D eigenvalue weighted by Gasteiger charge is 2.09. The molecule has 3 aromatic rings. The number of para-hydroxylation sites is 1. The molecule has 3 rings (SSSR count). The zero-order chi connectivity index (χ0) is 13.2. The highest BCUT2D eigenvalue weighted by Crippen LogP contribution is 2.32. The molecule has 0 saturated heterocycles. The molecule has 0 aliphatic rings. The molecule has 0 atom stereocenters. The molecule has 0 aliphatic heterocycles. The molecule has 2 aromatic heterocycles. The summed E-state index contributed by atoms with van der Waals surface area (Å²) in [5, 5.41) is 1.40. The van der Waals surface area contributed by atoms with E-state index in [0.717, 1.165) is 10.9 Å². The number of hydrogen-bond acceptors (Lipinski definition) is 2. The number of benzene rings is 1. The zero-order valence-corrected chi connectivity index (χ0v) is 10.6. The molecule has 90 valence electrons. The first-order valence-corrected chi connectivity index (χ1v) is 6.05. The second kappa shape index (κ2) is 4.68. The van der Waals surface area contributed by atoms with Gasteiger partial charge < -0.3 is 0 Å². The molecule has 4 heteroatoms. The largest absolute Gasteiger partial charge is 0.237 e. The van der Waals surface area contributed by atoms with Gasteiger partial charge in [-0.05, 0) is 18.2 Å². The van der Waals surface area contributed by atoms with Crippen molar-refractivity contribution < 1.29 is 0 Å². The van der Waals surface area contributed by atoms with Crippen molar-refractivity contribution in [2.75, 3.05) is 0 Å². The number of fused-ring (bicyclic) bond motifs is 1. The van der Waals surface area contributed by atoms with Crippen molar-refractivity contribution in [1.82, 2.24) is 9.97 Å².